The Kier molecular flexibility index (Phi) is 6.00. The fourth-order valence-corrected chi connectivity index (χ4v) is 2.78. The number of hydrogen-bond acceptors (Lipinski definition) is 6. The number of amides is 1. The van der Waals surface area contributed by atoms with Crippen molar-refractivity contribution in [2.45, 2.75) is 13.8 Å². The normalized spacial score (nSPS) is 10.9. The van der Waals surface area contributed by atoms with Crippen molar-refractivity contribution in [2.75, 3.05) is 31.6 Å². The highest BCUT2D eigenvalue weighted by Crippen LogP contribution is 2.21. The summed E-state index contributed by atoms with van der Waals surface area (Å²) in [7, 11) is 0. The number of imidazole rings is 1. The van der Waals surface area contributed by atoms with Crippen LogP contribution in [-0.2, 0) is 4.74 Å². The van der Waals surface area contributed by atoms with Gasteiger partial charge in [0.05, 0.1) is 13.2 Å². The van der Waals surface area contributed by atoms with E-state index >= 15 is 0 Å². The first-order valence-corrected chi connectivity index (χ1v) is 8.82. The maximum absolute atomic E-state index is 12.3. The van der Waals surface area contributed by atoms with Gasteiger partial charge in [0, 0.05) is 48.6 Å². The predicted octanol–water partition coefficient (Wildman–Crippen LogP) is 1.79. The Bertz CT molecular complexity index is 937. The molecule has 3 rings (SSSR count). The highest BCUT2D eigenvalue weighted by Gasteiger charge is 2.11. The molecular formula is C19H24N6O2. The second kappa shape index (κ2) is 8.61. The van der Waals surface area contributed by atoms with Crippen LogP contribution in [0.2, 0.25) is 0 Å². The summed E-state index contributed by atoms with van der Waals surface area (Å²) >= 11 is 0. The molecule has 8 nitrogen and oxygen atoms in total. The van der Waals surface area contributed by atoms with Crippen LogP contribution in [0.25, 0.3) is 5.65 Å². The van der Waals surface area contributed by atoms with Crippen molar-refractivity contribution in [3.05, 3.63) is 53.6 Å². The zero-order chi connectivity index (χ0) is 19.2. The molecule has 0 atom stereocenters. The van der Waals surface area contributed by atoms with E-state index in [1.165, 1.54) is 0 Å². The first-order chi connectivity index (χ1) is 13.1. The summed E-state index contributed by atoms with van der Waals surface area (Å²) in [5.41, 5.74) is 9.49. The monoisotopic (exact) mass is 368 g/mol. The van der Waals surface area contributed by atoms with Gasteiger partial charge in [-0.2, -0.15) is 0 Å². The molecule has 8 heteroatoms. The molecular weight excluding hydrogens is 344 g/mol. The Balaban J connectivity index is 1.68. The van der Waals surface area contributed by atoms with Gasteiger partial charge in [-0.1, -0.05) is 0 Å². The summed E-state index contributed by atoms with van der Waals surface area (Å²) in [6.45, 7) is 5.75. The highest BCUT2D eigenvalue weighted by atomic mass is 16.5. The molecule has 0 aliphatic heterocycles. The van der Waals surface area contributed by atoms with Crippen molar-refractivity contribution in [2.24, 2.45) is 5.73 Å². The smallest absolute Gasteiger partial charge is 0.251 e. The van der Waals surface area contributed by atoms with Gasteiger partial charge in [0.25, 0.3) is 5.91 Å². The number of anilines is 2. The van der Waals surface area contributed by atoms with Gasteiger partial charge in [-0.15, -0.1) is 0 Å². The van der Waals surface area contributed by atoms with Crippen LogP contribution in [0.1, 0.15) is 21.6 Å². The number of aryl methyl sites for hydroxylation is 2. The molecule has 0 aliphatic carbocycles. The van der Waals surface area contributed by atoms with Crippen molar-refractivity contribution in [3.63, 3.8) is 0 Å². The fourth-order valence-electron chi connectivity index (χ4n) is 2.78. The number of fused-ring (bicyclic) bond motifs is 1. The van der Waals surface area contributed by atoms with Crippen LogP contribution in [-0.4, -0.2) is 46.6 Å². The molecule has 0 unspecified atom stereocenters. The van der Waals surface area contributed by atoms with Gasteiger partial charge >= 0.3 is 0 Å². The molecule has 142 valence electrons. The largest absolute Gasteiger partial charge is 0.378 e. The average Bonchev–Trinajstić information content (AvgIpc) is 3.04. The van der Waals surface area contributed by atoms with Crippen LogP contribution in [0.5, 0.6) is 0 Å². The molecule has 0 saturated carbocycles. The minimum absolute atomic E-state index is 0.125. The van der Waals surface area contributed by atoms with Gasteiger partial charge in [0.1, 0.15) is 0 Å². The zero-order valence-electron chi connectivity index (χ0n) is 15.5. The molecule has 27 heavy (non-hydrogen) atoms. The number of rotatable bonds is 8. The second-order valence-electron chi connectivity index (χ2n) is 6.18. The molecule has 2 heterocycles. The molecule has 1 aromatic carbocycles. The van der Waals surface area contributed by atoms with Crippen molar-refractivity contribution >= 4 is 23.1 Å². The van der Waals surface area contributed by atoms with Crippen LogP contribution >= 0.6 is 0 Å². The van der Waals surface area contributed by atoms with E-state index in [2.05, 4.69) is 20.6 Å². The van der Waals surface area contributed by atoms with Gasteiger partial charge < -0.3 is 21.1 Å². The number of hydrogen-bond donors (Lipinski definition) is 3. The SMILES string of the molecule is Cc1cc(Nc2nccn3c(C)cnc23)ccc1C(=O)NCCOCCN. The van der Waals surface area contributed by atoms with E-state index in [0.29, 0.717) is 37.7 Å². The van der Waals surface area contributed by atoms with Crippen LogP contribution in [0.15, 0.2) is 36.8 Å². The topological polar surface area (TPSA) is 107 Å². The number of carbonyl (C=O) groups excluding carboxylic acids is 1. The number of benzene rings is 1. The minimum Gasteiger partial charge on any atom is -0.378 e. The van der Waals surface area contributed by atoms with Crippen LogP contribution in [0, 0.1) is 13.8 Å². The van der Waals surface area contributed by atoms with Gasteiger partial charge in [-0.05, 0) is 37.6 Å². The van der Waals surface area contributed by atoms with E-state index in [0.717, 1.165) is 22.6 Å². The molecule has 1 amide bonds. The van der Waals surface area contributed by atoms with Crippen LogP contribution < -0.4 is 16.4 Å². The molecule has 0 aliphatic rings. The molecule has 2 aromatic heterocycles. The highest BCUT2D eigenvalue weighted by molar-refractivity contribution is 5.96. The Hall–Kier alpha value is -2.97. The van der Waals surface area contributed by atoms with Crippen molar-refractivity contribution in [1.82, 2.24) is 19.7 Å². The van der Waals surface area contributed by atoms with Crippen LogP contribution in [0.3, 0.4) is 0 Å². The third-order valence-corrected chi connectivity index (χ3v) is 4.14. The molecule has 0 saturated heterocycles. The Morgan fingerprint density at radius 1 is 1.26 bits per heavy atom. The summed E-state index contributed by atoms with van der Waals surface area (Å²) < 4.78 is 7.23. The first kappa shape index (κ1) is 18.8. The van der Waals surface area contributed by atoms with E-state index in [-0.39, 0.29) is 5.91 Å². The molecule has 0 fully saturated rings. The van der Waals surface area contributed by atoms with Crippen LogP contribution in [0.4, 0.5) is 11.5 Å². The lowest BCUT2D eigenvalue weighted by molar-refractivity contribution is 0.0919. The number of nitrogens with zero attached hydrogens (tertiary/aromatic N) is 3. The second-order valence-corrected chi connectivity index (χ2v) is 6.18. The van der Waals surface area contributed by atoms with Gasteiger partial charge in [0.15, 0.2) is 11.5 Å². The maximum atomic E-state index is 12.3. The molecule has 0 spiro atoms. The lowest BCUT2D eigenvalue weighted by atomic mass is 10.1. The van der Waals surface area contributed by atoms with Gasteiger partial charge in [-0.3, -0.25) is 9.20 Å². The van der Waals surface area contributed by atoms with Crippen molar-refractivity contribution in [1.29, 1.82) is 0 Å². The average molecular weight is 368 g/mol. The number of nitrogens with two attached hydrogens (primary N) is 1. The van der Waals surface area contributed by atoms with E-state index in [1.54, 1.807) is 18.5 Å². The van der Waals surface area contributed by atoms with Crippen molar-refractivity contribution < 1.29 is 9.53 Å². The summed E-state index contributed by atoms with van der Waals surface area (Å²) in [6.07, 6.45) is 5.41. The predicted molar refractivity (Wildman–Crippen MR) is 104 cm³/mol. The molecule has 3 aromatic rings. The summed E-state index contributed by atoms with van der Waals surface area (Å²) in [5.74, 6) is 0.541. The Labute approximate surface area is 157 Å². The zero-order valence-corrected chi connectivity index (χ0v) is 15.5. The Morgan fingerprint density at radius 2 is 2.11 bits per heavy atom. The lowest BCUT2D eigenvalue weighted by Crippen LogP contribution is -2.28. The first-order valence-electron chi connectivity index (χ1n) is 8.82. The fraction of sp³-hybridized carbons (Fsp3) is 0.316. The summed E-state index contributed by atoms with van der Waals surface area (Å²) in [5, 5.41) is 6.12. The van der Waals surface area contributed by atoms with Gasteiger partial charge in [0.2, 0.25) is 0 Å². The Morgan fingerprint density at radius 3 is 2.89 bits per heavy atom. The number of nitrogens with one attached hydrogen (secondary N) is 2. The molecule has 0 bridgehead atoms. The minimum atomic E-state index is -0.125. The number of ether oxygens (including phenoxy) is 1. The van der Waals surface area contributed by atoms with E-state index in [1.807, 2.05) is 36.6 Å². The lowest BCUT2D eigenvalue weighted by Gasteiger charge is -2.11. The number of carbonyl (C=O) groups is 1. The standard InChI is InChI=1S/C19H24N6O2/c1-13-11-15(3-4-16(13)19(26)22-7-10-27-9-5-20)24-17-18-23-12-14(2)25(18)8-6-21-17/h3-4,6,8,11-12H,5,7,9-10,20H2,1-2H3,(H,21,24)(H,22,26). The van der Waals surface area contributed by atoms with E-state index in [9.17, 15) is 4.79 Å². The molecule has 0 radical (unpaired) electrons. The van der Waals surface area contributed by atoms with Crippen molar-refractivity contribution in [3.8, 4) is 0 Å². The summed E-state index contributed by atoms with van der Waals surface area (Å²) in [4.78, 5) is 21.1. The van der Waals surface area contributed by atoms with Gasteiger partial charge in [-0.25, -0.2) is 9.97 Å². The van der Waals surface area contributed by atoms with E-state index < -0.39 is 0 Å². The third-order valence-electron chi connectivity index (χ3n) is 4.14. The summed E-state index contributed by atoms with van der Waals surface area (Å²) in [6, 6.07) is 5.57. The van der Waals surface area contributed by atoms with E-state index in [4.69, 9.17) is 10.5 Å². The number of aromatic nitrogens is 3. The maximum Gasteiger partial charge on any atom is 0.251 e. The third kappa shape index (κ3) is 4.42. The molecule has 4 N–H and O–H groups in total. The quantitative estimate of drug-likeness (QED) is 0.524.